The molecule has 2 aromatic carbocycles. The van der Waals surface area contributed by atoms with Crippen molar-refractivity contribution in [2.24, 2.45) is 0 Å². The molecule has 0 saturated carbocycles. The van der Waals surface area contributed by atoms with Gasteiger partial charge in [-0.05, 0) is 24.6 Å². The molecular formula is C24H21N3O4S2. The van der Waals surface area contributed by atoms with Gasteiger partial charge in [-0.3, -0.25) is 14.2 Å². The minimum atomic E-state index is -0.192. The predicted octanol–water partition coefficient (Wildman–Crippen LogP) is 4.65. The van der Waals surface area contributed by atoms with E-state index in [-0.39, 0.29) is 17.2 Å². The van der Waals surface area contributed by atoms with Crippen molar-refractivity contribution < 1.29 is 14.3 Å². The van der Waals surface area contributed by atoms with Gasteiger partial charge < -0.3 is 14.8 Å². The SMILES string of the molecule is CCn1c(SCC(=O)Nc2ccc3c(c2)OCCO3)nc2c(-c3ccccc3)csc2c1=O. The monoisotopic (exact) mass is 479 g/mol. The molecular weight excluding hydrogens is 458 g/mol. The van der Waals surface area contributed by atoms with Crippen LogP contribution in [0.15, 0.2) is 63.9 Å². The molecule has 168 valence electrons. The lowest BCUT2D eigenvalue weighted by Gasteiger charge is -2.19. The van der Waals surface area contributed by atoms with Crippen LogP contribution in [-0.4, -0.2) is 34.4 Å². The number of thioether (sulfide) groups is 1. The molecule has 0 unspecified atom stereocenters. The van der Waals surface area contributed by atoms with Gasteiger partial charge in [0.05, 0.1) is 11.3 Å². The molecule has 0 aliphatic carbocycles. The molecule has 5 rings (SSSR count). The number of fused-ring (bicyclic) bond motifs is 2. The Bertz CT molecular complexity index is 1380. The lowest BCUT2D eigenvalue weighted by Crippen LogP contribution is -2.23. The van der Waals surface area contributed by atoms with Crippen molar-refractivity contribution in [1.29, 1.82) is 0 Å². The maximum atomic E-state index is 13.1. The van der Waals surface area contributed by atoms with E-state index in [0.29, 0.717) is 52.3 Å². The third-order valence-corrected chi connectivity index (χ3v) is 7.14. The molecule has 0 atom stereocenters. The van der Waals surface area contributed by atoms with Crippen LogP contribution in [0, 0.1) is 0 Å². The average molecular weight is 480 g/mol. The van der Waals surface area contributed by atoms with E-state index in [0.717, 1.165) is 11.1 Å². The number of anilines is 1. The Morgan fingerprint density at radius 1 is 1.15 bits per heavy atom. The number of rotatable bonds is 6. The molecule has 1 aliphatic heterocycles. The Morgan fingerprint density at radius 2 is 1.94 bits per heavy atom. The van der Waals surface area contributed by atoms with Crippen LogP contribution in [0.25, 0.3) is 21.3 Å². The molecule has 0 bridgehead atoms. The Kier molecular flexibility index (Phi) is 6.06. The van der Waals surface area contributed by atoms with Crippen molar-refractivity contribution in [1.82, 2.24) is 9.55 Å². The van der Waals surface area contributed by atoms with Gasteiger partial charge in [0.2, 0.25) is 5.91 Å². The second-order valence-corrected chi connectivity index (χ2v) is 9.15. The number of carbonyl (C=O) groups excluding carboxylic acids is 1. The van der Waals surface area contributed by atoms with E-state index in [1.54, 1.807) is 22.8 Å². The third-order valence-electron chi connectivity index (χ3n) is 5.20. The molecule has 33 heavy (non-hydrogen) atoms. The number of carbonyl (C=O) groups is 1. The van der Waals surface area contributed by atoms with E-state index in [1.807, 2.05) is 42.6 Å². The number of nitrogens with zero attached hydrogens (tertiary/aromatic N) is 2. The minimum absolute atomic E-state index is 0.0792. The number of thiophene rings is 1. The first-order valence-electron chi connectivity index (χ1n) is 10.5. The number of aromatic nitrogens is 2. The summed E-state index contributed by atoms with van der Waals surface area (Å²) in [5.41, 5.74) is 3.17. The summed E-state index contributed by atoms with van der Waals surface area (Å²) >= 11 is 2.66. The van der Waals surface area contributed by atoms with E-state index in [4.69, 9.17) is 14.5 Å². The maximum absolute atomic E-state index is 13.1. The lowest BCUT2D eigenvalue weighted by molar-refractivity contribution is -0.113. The van der Waals surface area contributed by atoms with Gasteiger partial charge in [0.15, 0.2) is 16.7 Å². The fraction of sp³-hybridized carbons (Fsp3) is 0.208. The summed E-state index contributed by atoms with van der Waals surface area (Å²) in [5.74, 6) is 1.21. The van der Waals surface area contributed by atoms with Gasteiger partial charge in [-0.1, -0.05) is 42.1 Å². The van der Waals surface area contributed by atoms with Crippen LogP contribution >= 0.6 is 23.1 Å². The highest BCUT2D eigenvalue weighted by atomic mass is 32.2. The highest BCUT2D eigenvalue weighted by Gasteiger charge is 2.18. The van der Waals surface area contributed by atoms with E-state index in [1.165, 1.54) is 23.1 Å². The number of hydrogen-bond acceptors (Lipinski definition) is 7. The Morgan fingerprint density at radius 3 is 2.73 bits per heavy atom. The summed E-state index contributed by atoms with van der Waals surface area (Å²) in [6.45, 7) is 3.38. The second-order valence-electron chi connectivity index (χ2n) is 7.33. The highest BCUT2D eigenvalue weighted by molar-refractivity contribution is 7.99. The third kappa shape index (κ3) is 4.34. The van der Waals surface area contributed by atoms with Gasteiger partial charge in [0.25, 0.3) is 5.56 Å². The molecule has 0 spiro atoms. The van der Waals surface area contributed by atoms with Crippen LogP contribution in [0.2, 0.25) is 0 Å². The lowest BCUT2D eigenvalue weighted by atomic mass is 10.1. The molecule has 2 aromatic heterocycles. The van der Waals surface area contributed by atoms with Gasteiger partial charge in [-0.25, -0.2) is 4.98 Å². The molecule has 4 aromatic rings. The van der Waals surface area contributed by atoms with Crippen LogP contribution in [0.3, 0.4) is 0 Å². The van der Waals surface area contributed by atoms with E-state index < -0.39 is 0 Å². The fourth-order valence-electron chi connectivity index (χ4n) is 3.64. The van der Waals surface area contributed by atoms with Crippen molar-refractivity contribution in [3.63, 3.8) is 0 Å². The first kappa shape index (κ1) is 21.5. The number of nitrogens with one attached hydrogen (secondary N) is 1. The van der Waals surface area contributed by atoms with Crippen LogP contribution in [-0.2, 0) is 11.3 Å². The molecule has 1 aliphatic rings. The number of hydrogen-bond donors (Lipinski definition) is 1. The van der Waals surface area contributed by atoms with Crippen LogP contribution < -0.4 is 20.3 Å². The normalized spacial score (nSPS) is 12.6. The fourth-order valence-corrected chi connectivity index (χ4v) is 5.46. The molecule has 9 heteroatoms. The summed E-state index contributed by atoms with van der Waals surface area (Å²) in [4.78, 5) is 30.5. The number of benzene rings is 2. The summed E-state index contributed by atoms with van der Waals surface area (Å²) in [6.07, 6.45) is 0. The van der Waals surface area contributed by atoms with Crippen molar-refractivity contribution in [2.45, 2.75) is 18.6 Å². The van der Waals surface area contributed by atoms with Crippen LogP contribution in [0.1, 0.15) is 6.92 Å². The first-order chi connectivity index (χ1) is 16.1. The molecule has 3 heterocycles. The zero-order chi connectivity index (χ0) is 22.8. The zero-order valence-electron chi connectivity index (χ0n) is 17.9. The summed E-state index contributed by atoms with van der Waals surface area (Å²) in [7, 11) is 0. The molecule has 1 N–H and O–H groups in total. The number of amides is 1. The van der Waals surface area contributed by atoms with Crippen molar-refractivity contribution >= 4 is 44.9 Å². The summed E-state index contributed by atoms with van der Waals surface area (Å²) in [6, 6.07) is 15.2. The highest BCUT2D eigenvalue weighted by Crippen LogP contribution is 2.34. The van der Waals surface area contributed by atoms with Gasteiger partial charge in [0.1, 0.15) is 17.9 Å². The van der Waals surface area contributed by atoms with Crippen LogP contribution in [0.4, 0.5) is 5.69 Å². The quantitative estimate of drug-likeness (QED) is 0.320. The molecule has 0 radical (unpaired) electrons. The average Bonchev–Trinajstić information content (AvgIpc) is 3.27. The molecule has 1 amide bonds. The number of ether oxygens (including phenoxy) is 2. The largest absolute Gasteiger partial charge is 0.486 e. The van der Waals surface area contributed by atoms with Crippen molar-refractivity contribution in [3.05, 3.63) is 64.3 Å². The Hall–Kier alpha value is -3.30. The maximum Gasteiger partial charge on any atom is 0.272 e. The molecule has 0 saturated heterocycles. The van der Waals surface area contributed by atoms with Crippen molar-refractivity contribution in [2.75, 3.05) is 24.3 Å². The standard InChI is InChI=1S/C24H21N3O4S2/c1-2-27-23(29)22-21(17(13-32-22)15-6-4-3-5-7-15)26-24(27)33-14-20(28)25-16-8-9-18-19(12-16)31-11-10-30-18/h3-9,12-13H,2,10-11,14H2,1H3,(H,25,28). The Labute approximate surface area is 198 Å². The van der Waals surface area contributed by atoms with E-state index in [9.17, 15) is 9.59 Å². The van der Waals surface area contributed by atoms with Gasteiger partial charge in [-0.15, -0.1) is 11.3 Å². The second kappa shape index (κ2) is 9.29. The van der Waals surface area contributed by atoms with E-state index in [2.05, 4.69) is 5.32 Å². The zero-order valence-corrected chi connectivity index (χ0v) is 19.5. The van der Waals surface area contributed by atoms with E-state index >= 15 is 0 Å². The first-order valence-corrected chi connectivity index (χ1v) is 12.4. The smallest absolute Gasteiger partial charge is 0.272 e. The van der Waals surface area contributed by atoms with Crippen LogP contribution in [0.5, 0.6) is 11.5 Å². The molecule has 7 nitrogen and oxygen atoms in total. The van der Waals surface area contributed by atoms with Gasteiger partial charge in [-0.2, -0.15) is 0 Å². The summed E-state index contributed by atoms with van der Waals surface area (Å²) < 4.78 is 13.3. The van der Waals surface area contributed by atoms with Gasteiger partial charge >= 0.3 is 0 Å². The predicted molar refractivity (Wildman–Crippen MR) is 132 cm³/mol. The van der Waals surface area contributed by atoms with Gasteiger partial charge in [0, 0.05) is 29.2 Å². The summed E-state index contributed by atoms with van der Waals surface area (Å²) in [5, 5.41) is 5.38. The minimum Gasteiger partial charge on any atom is -0.486 e. The topological polar surface area (TPSA) is 82.5 Å². The Balaban J connectivity index is 1.38. The molecule has 0 fully saturated rings. The van der Waals surface area contributed by atoms with Crippen molar-refractivity contribution in [3.8, 4) is 22.6 Å².